The highest BCUT2D eigenvalue weighted by atomic mass is 35.5. The fourth-order valence-corrected chi connectivity index (χ4v) is 2.43. The average Bonchev–Trinajstić information content (AvgIpc) is 2.52. The van der Waals surface area contributed by atoms with Gasteiger partial charge in [-0.1, -0.05) is 23.2 Å². The highest BCUT2D eigenvalue weighted by Crippen LogP contribution is 2.35. The van der Waals surface area contributed by atoms with Crippen LogP contribution in [0.2, 0.25) is 10.0 Å². The third kappa shape index (κ3) is 2.65. The molecule has 0 aliphatic heterocycles. The highest BCUT2D eigenvalue weighted by molar-refractivity contribution is 6.35. The van der Waals surface area contributed by atoms with Gasteiger partial charge in [-0.25, -0.2) is 4.98 Å². The zero-order chi connectivity index (χ0) is 14.8. The van der Waals surface area contributed by atoms with Gasteiger partial charge >= 0.3 is 0 Å². The van der Waals surface area contributed by atoms with Gasteiger partial charge in [-0.05, 0) is 35.9 Å². The molecule has 0 spiro atoms. The lowest BCUT2D eigenvalue weighted by Crippen LogP contribution is -2.00. The molecule has 3 rings (SSSR count). The monoisotopic (exact) mass is 319 g/mol. The van der Waals surface area contributed by atoms with Crippen molar-refractivity contribution in [1.29, 1.82) is 0 Å². The van der Waals surface area contributed by atoms with Gasteiger partial charge in [0.15, 0.2) is 5.75 Å². The Morgan fingerprint density at radius 2 is 1.90 bits per heavy atom. The Kier molecular flexibility index (Phi) is 3.92. The van der Waals surface area contributed by atoms with E-state index in [4.69, 9.17) is 33.7 Å². The summed E-state index contributed by atoms with van der Waals surface area (Å²) in [5, 5.41) is 1.82. The molecule has 21 heavy (non-hydrogen) atoms. The number of fused-ring (bicyclic) bond motifs is 1. The summed E-state index contributed by atoms with van der Waals surface area (Å²) in [5.41, 5.74) is 7.05. The van der Waals surface area contributed by atoms with Crippen molar-refractivity contribution in [3.8, 4) is 11.6 Å². The Bertz CT molecular complexity index is 808. The van der Waals surface area contributed by atoms with E-state index in [1.54, 1.807) is 30.6 Å². The summed E-state index contributed by atoms with van der Waals surface area (Å²) in [6, 6.07) is 8.95. The fraction of sp³-hybridized carbons (Fsp3) is 0.0667. The zero-order valence-electron chi connectivity index (χ0n) is 10.9. The number of rotatable bonds is 3. The van der Waals surface area contributed by atoms with E-state index in [-0.39, 0.29) is 0 Å². The number of hydrogen-bond donors (Lipinski definition) is 1. The molecule has 2 N–H and O–H groups in total. The number of halogens is 2. The second-order valence-electron chi connectivity index (χ2n) is 4.34. The number of nitrogens with two attached hydrogens (primary N) is 1. The fourth-order valence-electron chi connectivity index (χ4n) is 1.99. The molecule has 0 bridgehead atoms. The van der Waals surface area contributed by atoms with Crippen LogP contribution in [0.25, 0.3) is 10.9 Å². The van der Waals surface area contributed by atoms with Crippen LogP contribution in [0.3, 0.4) is 0 Å². The standard InChI is InChI=1S/C15H11Cl2N3O/c16-11-3-4-12(14-10(11)2-1-6-19-14)21-15-13(17)9(8-18)5-7-20-15/h1-7H,8,18H2. The molecule has 2 aromatic heterocycles. The number of benzene rings is 1. The third-order valence-corrected chi connectivity index (χ3v) is 3.78. The topological polar surface area (TPSA) is 61.0 Å². The molecule has 0 atom stereocenters. The molecule has 6 heteroatoms. The second kappa shape index (κ2) is 5.85. The number of ether oxygens (including phenoxy) is 1. The lowest BCUT2D eigenvalue weighted by atomic mass is 10.2. The summed E-state index contributed by atoms with van der Waals surface area (Å²) in [6.45, 7) is 0.317. The molecule has 4 nitrogen and oxygen atoms in total. The smallest absolute Gasteiger partial charge is 0.238 e. The molecule has 0 radical (unpaired) electrons. The van der Waals surface area contributed by atoms with E-state index in [1.807, 2.05) is 12.1 Å². The van der Waals surface area contributed by atoms with E-state index in [0.717, 1.165) is 10.9 Å². The number of hydrogen-bond acceptors (Lipinski definition) is 4. The Labute approximate surface area is 131 Å². The summed E-state index contributed by atoms with van der Waals surface area (Å²) < 4.78 is 5.80. The van der Waals surface area contributed by atoms with Crippen LogP contribution in [0.1, 0.15) is 5.56 Å². The van der Waals surface area contributed by atoms with Crippen molar-refractivity contribution in [3.63, 3.8) is 0 Å². The zero-order valence-corrected chi connectivity index (χ0v) is 12.4. The molecule has 1 aromatic carbocycles. The van der Waals surface area contributed by atoms with E-state index in [0.29, 0.717) is 33.7 Å². The average molecular weight is 320 g/mol. The van der Waals surface area contributed by atoms with Gasteiger partial charge in [0.05, 0.1) is 5.02 Å². The van der Waals surface area contributed by atoms with Crippen LogP contribution in [0, 0.1) is 0 Å². The second-order valence-corrected chi connectivity index (χ2v) is 5.13. The van der Waals surface area contributed by atoms with Gasteiger partial charge in [0.25, 0.3) is 0 Å². The SMILES string of the molecule is NCc1ccnc(Oc2ccc(Cl)c3cccnc23)c1Cl. The molecule has 2 heterocycles. The molecule has 0 saturated heterocycles. The molecule has 0 aliphatic rings. The predicted molar refractivity (Wildman–Crippen MR) is 84.0 cm³/mol. The van der Waals surface area contributed by atoms with Crippen molar-refractivity contribution in [3.05, 3.63) is 58.3 Å². The molecule has 0 aliphatic carbocycles. The van der Waals surface area contributed by atoms with Gasteiger partial charge in [0.2, 0.25) is 5.88 Å². The largest absolute Gasteiger partial charge is 0.435 e. The van der Waals surface area contributed by atoms with Gasteiger partial charge in [-0.3, -0.25) is 4.98 Å². The maximum absolute atomic E-state index is 6.23. The van der Waals surface area contributed by atoms with Crippen LogP contribution >= 0.6 is 23.2 Å². The third-order valence-electron chi connectivity index (χ3n) is 3.04. The molecular weight excluding hydrogens is 309 g/mol. The Morgan fingerprint density at radius 1 is 1.05 bits per heavy atom. The molecule has 3 aromatic rings. The Morgan fingerprint density at radius 3 is 2.71 bits per heavy atom. The van der Waals surface area contributed by atoms with Crippen LogP contribution in [0.5, 0.6) is 11.6 Å². The van der Waals surface area contributed by atoms with Gasteiger partial charge in [0.1, 0.15) is 10.5 Å². The molecule has 0 amide bonds. The summed E-state index contributed by atoms with van der Waals surface area (Å²) in [7, 11) is 0. The van der Waals surface area contributed by atoms with Crippen LogP contribution in [0.4, 0.5) is 0 Å². The van der Waals surface area contributed by atoms with Crippen LogP contribution < -0.4 is 10.5 Å². The van der Waals surface area contributed by atoms with E-state index >= 15 is 0 Å². The molecule has 106 valence electrons. The van der Waals surface area contributed by atoms with Gasteiger partial charge < -0.3 is 10.5 Å². The normalized spacial score (nSPS) is 10.8. The molecular formula is C15H11Cl2N3O. The van der Waals surface area contributed by atoms with Gasteiger partial charge in [0, 0.05) is 24.3 Å². The quantitative estimate of drug-likeness (QED) is 0.786. The minimum atomic E-state index is 0.300. The maximum Gasteiger partial charge on any atom is 0.238 e. The minimum Gasteiger partial charge on any atom is -0.435 e. The van der Waals surface area contributed by atoms with Crippen molar-refractivity contribution in [2.24, 2.45) is 5.73 Å². The van der Waals surface area contributed by atoms with Crippen molar-refractivity contribution in [2.75, 3.05) is 0 Å². The van der Waals surface area contributed by atoms with Crippen molar-refractivity contribution >= 4 is 34.1 Å². The van der Waals surface area contributed by atoms with Gasteiger partial charge in [-0.15, -0.1) is 0 Å². The minimum absolute atomic E-state index is 0.300. The summed E-state index contributed by atoms with van der Waals surface area (Å²) in [6.07, 6.45) is 3.28. The molecule has 0 fully saturated rings. The van der Waals surface area contributed by atoms with E-state index in [2.05, 4.69) is 9.97 Å². The number of pyridine rings is 2. The predicted octanol–water partition coefficient (Wildman–Crippen LogP) is 4.19. The first-order chi connectivity index (χ1) is 10.2. The van der Waals surface area contributed by atoms with Crippen LogP contribution in [0.15, 0.2) is 42.7 Å². The van der Waals surface area contributed by atoms with Gasteiger partial charge in [-0.2, -0.15) is 0 Å². The maximum atomic E-state index is 6.23. The lowest BCUT2D eigenvalue weighted by Gasteiger charge is -2.11. The summed E-state index contributed by atoms with van der Waals surface area (Å²) >= 11 is 12.4. The van der Waals surface area contributed by atoms with Crippen molar-refractivity contribution in [2.45, 2.75) is 6.54 Å². The lowest BCUT2D eigenvalue weighted by molar-refractivity contribution is 0.466. The Balaban J connectivity index is 2.09. The van der Waals surface area contributed by atoms with E-state index in [9.17, 15) is 0 Å². The van der Waals surface area contributed by atoms with Crippen molar-refractivity contribution in [1.82, 2.24) is 9.97 Å². The first-order valence-electron chi connectivity index (χ1n) is 6.25. The van der Waals surface area contributed by atoms with Crippen molar-refractivity contribution < 1.29 is 4.74 Å². The number of aromatic nitrogens is 2. The van der Waals surface area contributed by atoms with Crippen LogP contribution in [-0.4, -0.2) is 9.97 Å². The first kappa shape index (κ1) is 14.1. The van der Waals surface area contributed by atoms with E-state index in [1.165, 1.54) is 0 Å². The van der Waals surface area contributed by atoms with Crippen LogP contribution in [-0.2, 0) is 6.54 Å². The number of nitrogens with zero attached hydrogens (tertiary/aromatic N) is 2. The Hall–Kier alpha value is -1.88. The van der Waals surface area contributed by atoms with E-state index < -0.39 is 0 Å². The highest BCUT2D eigenvalue weighted by Gasteiger charge is 2.12. The molecule has 0 saturated carbocycles. The molecule has 0 unspecified atom stereocenters. The summed E-state index contributed by atoms with van der Waals surface area (Å²) in [4.78, 5) is 8.45. The first-order valence-corrected chi connectivity index (χ1v) is 7.01. The summed E-state index contributed by atoms with van der Waals surface area (Å²) in [5.74, 6) is 0.840.